The summed E-state index contributed by atoms with van der Waals surface area (Å²) in [5, 5.41) is -0.502. The summed E-state index contributed by atoms with van der Waals surface area (Å²) >= 11 is 0. The highest BCUT2D eigenvalue weighted by Crippen LogP contribution is 2.24. The molecule has 0 amide bonds. The summed E-state index contributed by atoms with van der Waals surface area (Å²) in [7, 11) is 0. The molecule has 5 heteroatoms. The molecule has 1 N–H and O–H groups in total. The molecule has 0 bridgehead atoms. The molecular weight excluding hydrogens is 255 g/mol. The molecule has 0 aliphatic heterocycles. The average molecular weight is 267 g/mol. The Balaban J connectivity index is 2.44. The van der Waals surface area contributed by atoms with E-state index in [0.29, 0.717) is 30.2 Å². The SMILES string of the molecule is O=c1c2c([nH]c3c(F)cc(F)c(F)c13)CCCCC2. The molecule has 0 spiro atoms. The van der Waals surface area contributed by atoms with Crippen LogP contribution >= 0.6 is 0 Å². The molecule has 1 aliphatic carbocycles. The summed E-state index contributed by atoms with van der Waals surface area (Å²) in [5.74, 6) is -3.54. The summed E-state index contributed by atoms with van der Waals surface area (Å²) in [5.41, 5.74) is 0.305. The number of aryl methyl sites for hydroxylation is 1. The summed E-state index contributed by atoms with van der Waals surface area (Å²) in [6, 6.07) is 0.469. The molecule has 1 aromatic heterocycles. The lowest BCUT2D eigenvalue weighted by Gasteiger charge is -2.09. The first-order valence-electron chi connectivity index (χ1n) is 6.31. The molecule has 0 radical (unpaired) electrons. The van der Waals surface area contributed by atoms with E-state index in [1.807, 2.05) is 0 Å². The molecule has 3 rings (SSSR count). The number of fused-ring (bicyclic) bond motifs is 2. The van der Waals surface area contributed by atoms with Gasteiger partial charge >= 0.3 is 0 Å². The van der Waals surface area contributed by atoms with Gasteiger partial charge in [0.1, 0.15) is 0 Å². The summed E-state index contributed by atoms with van der Waals surface area (Å²) < 4.78 is 40.7. The predicted molar refractivity (Wildman–Crippen MR) is 65.7 cm³/mol. The Morgan fingerprint density at radius 2 is 1.74 bits per heavy atom. The van der Waals surface area contributed by atoms with Crippen LogP contribution in [0, 0.1) is 17.5 Å². The molecular formula is C14H12F3NO. The zero-order valence-corrected chi connectivity index (χ0v) is 10.2. The third-order valence-electron chi connectivity index (χ3n) is 3.67. The number of hydrogen-bond acceptors (Lipinski definition) is 1. The van der Waals surface area contributed by atoms with E-state index in [2.05, 4.69) is 4.98 Å². The van der Waals surface area contributed by atoms with E-state index in [1.54, 1.807) is 0 Å². The topological polar surface area (TPSA) is 32.9 Å². The van der Waals surface area contributed by atoms with Gasteiger partial charge < -0.3 is 4.98 Å². The average Bonchev–Trinajstić information content (AvgIpc) is 2.61. The number of rotatable bonds is 0. The van der Waals surface area contributed by atoms with E-state index in [4.69, 9.17) is 0 Å². The van der Waals surface area contributed by atoms with Gasteiger partial charge in [-0.3, -0.25) is 4.79 Å². The second kappa shape index (κ2) is 4.40. The van der Waals surface area contributed by atoms with Crippen molar-refractivity contribution in [3.8, 4) is 0 Å². The Hall–Kier alpha value is -1.78. The van der Waals surface area contributed by atoms with Crippen LogP contribution < -0.4 is 5.43 Å². The van der Waals surface area contributed by atoms with E-state index >= 15 is 0 Å². The van der Waals surface area contributed by atoms with Crippen molar-refractivity contribution in [2.45, 2.75) is 32.1 Å². The van der Waals surface area contributed by atoms with E-state index < -0.39 is 28.3 Å². The van der Waals surface area contributed by atoms with Crippen LogP contribution in [0.5, 0.6) is 0 Å². The smallest absolute Gasteiger partial charge is 0.196 e. The fourth-order valence-corrected chi connectivity index (χ4v) is 2.70. The minimum atomic E-state index is -1.33. The van der Waals surface area contributed by atoms with Gasteiger partial charge in [0.25, 0.3) is 0 Å². The predicted octanol–water partition coefficient (Wildman–Crippen LogP) is 3.21. The van der Waals surface area contributed by atoms with Gasteiger partial charge in [0.2, 0.25) is 0 Å². The van der Waals surface area contributed by atoms with Crippen molar-refractivity contribution >= 4 is 10.9 Å². The van der Waals surface area contributed by atoms with Crippen LogP contribution in [0.2, 0.25) is 0 Å². The van der Waals surface area contributed by atoms with Gasteiger partial charge in [0, 0.05) is 17.3 Å². The molecule has 100 valence electrons. The lowest BCUT2D eigenvalue weighted by molar-refractivity contribution is 0.504. The first-order valence-corrected chi connectivity index (χ1v) is 6.31. The van der Waals surface area contributed by atoms with Crippen molar-refractivity contribution < 1.29 is 13.2 Å². The van der Waals surface area contributed by atoms with Crippen molar-refractivity contribution in [3.63, 3.8) is 0 Å². The largest absolute Gasteiger partial charge is 0.355 e. The summed E-state index contributed by atoms with van der Waals surface area (Å²) in [6.07, 6.45) is 3.87. The standard InChI is InChI=1S/C14H12F3NO/c15-8-6-9(16)13-11(12(8)17)14(19)7-4-2-1-3-5-10(7)18-13/h6H,1-5H2,(H,18,19). The van der Waals surface area contributed by atoms with Crippen molar-refractivity contribution in [2.24, 2.45) is 0 Å². The Kier molecular flexibility index (Phi) is 2.84. The van der Waals surface area contributed by atoms with E-state index in [1.165, 1.54) is 0 Å². The monoisotopic (exact) mass is 267 g/mol. The van der Waals surface area contributed by atoms with Crippen LogP contribution in [0.1, 0.15) is 30.5 Å². The molecule has 2 aromatic rings. The normalized spacial score (nSPS) is 15.3. The van der Waals surface area contributed by atoms with Crippen LogP contribution in [0.4, 0.5) is 13.2 Å². The third kappa shape index (κ3) is 1.84. The number of aromatic amines is 1. The number of halogens is 3. The molecule has 1 aliphatic rings. The zero-order chi connectivity index (χ0) is 13.6. The van der Waals surface area contributed by atoms with Crippen LogP contribution in [-0.2, 0) is 12.8 Å². The number of benzene rings is 1. The highest BCUT2D eigenvalue weighted by Gasteiger charge is 2.21. The van der Waals surface area contributed by atoms with Gasteiger partial charge in [0.05, 0.1) is 10.9 Å². The second-order valence-corrected chi connectivity index (χ2v) is 4.88. The molecule has 0 fully saturated rings. The highest BCUT2D eigenvalue weighted by molar-refractivity contribution is 5.81. The van der Waals surface area contributed by atoms with Gasteiger partial charge in [-0.15, -0.1) is 0 Å². The number of H-pyrrole nitrogens is 1. The third-order valence-corrected chi connectivity index (χ3v) is 3.67. The Morgan fingerprint density at radius 1 is 1.00 bits per heavy atom. The minimum absolute atomic E-state index is 0.232. The minimum Gasteiger partial charge on any atom is -0.355 e. The first-order chi connectivity index (χ1) is 9.09. The molecule has 0 atom stereocenters. The Labute approximate surface area is 107 Å². The van der Waals surface area contributed by atoms with Crippen molar-refractivity contribution in [3.05, 3.63) is 45.0 Å². The van der Waals surface area contributed by atoms with E-state index in [-0.39, 0.29) is 5.52 Å². The fraction of sp³-hybridized carbons (Fsp3) is 0.357. The number of hydrogen-bond donors (Lipinski definition) is 1. The van der Waals surface area contributed by atoms with Crippen molar-refractivity contribution in [2.75, 3.05) is 0 Å². The molecule has 0 unspecified atom stereocenters. The van der Waals surface area contributed by atoms with Crippen molar-refractivity contribution in [1.82, 2.24) is 4.98 Å². The quantitative estimate of drug-likeness (QED) is 0.577. The van der Waals surface area contributed by atoms with Crippen LogP contribution in [0.25, 0.3) is 10.9 Å². The van der Waals surface area contributed by atoms with Crippen LogP contribution in [0.3, 0.4) is 0 Å². The van der Waals surface area contributed by atoms with E-state index in [9.17, 15) is 18.0 Å². The van der Waals surface area contributed by atoms with Crippen LogP contribution in [0.15, 0.2) is 10.9 Å². The van der Waals surface area contributed by atoms with E-state index in [0.717, 1.165) is 19.3 Å². The number of pyridine rings is 1. The Morgan fingerprint density at radius 3 is 2.53 bits per heavy atom. The van der Waals surface area contributed by atoms with Gasteiger partial charge in [-0.1, -0.05) is 6.42 Å². The molecule has 0 saturated carbocycles. The first kappa shape index (κ1) is 12.3. The Bertz CT molecular complexity index is 721. The summed E-state index contributed by atoms with van der Waals surface area (Å²) in [4.78, 5) is 15.0. The molecule has 1 heterocycles. The van der Waals surface area contributed by atoms with Gasteiger partial charge in [-0.25, -0.2) is 13.2 Å². The lowest BCUT2D eigenvalue weighted by atomic mass is 10.0. The molecule has 2 nitrogen and oxygen atoms in total. The molecule has 19 heavy (non-hydrogen) atoms. The van der Waals surface area contributed by atoms with Gasteiger partial charge in [-0.05, 0) is 25.7 Å². The summed E-state index contributed by atoms with van der Waals surface area (Å²) in [6.45, 7) is 0. The lowest BCUT2D eigenvalue weighted by Crippen LogP contribution is -2.16. The van der Waals surface area contributed by atoms with Crippen molar-refractivity contribution in [1.29, 1.82) is 0 Å². The molecule has 1 aromatic carbocycles. The maximum atomic E-state index is 13.7. The van der Waals surface area contributed by atoms with Gasteiger partial charge in [-0.2, -0.15) is 0 Å². The van der Waals surface area contributed by atoms with Gasteiger partial charge in [0.15, 0.2) is 22.9 Å². The maximum Gasteiger partial charge on any atom is 0.196 e. The fourth-order valence-electron chi connectivity index (χ4n) is 2.70. The zero-order valence-electron chi connectivity index (χ0n) is 10.2. The number of nitrogens with one attached hydrogen (secondary N) is 1. The van der Waals surface area contributed by atoms with Crippen LogP contribution in [-0.4, -0.2) is 4.98 Å². The molecule has 0 saturated heterocycles. The highest BCUT2D eigenvalue weighted by atomic mass is 19.2. The maximum absolute atomic E-state index is 13.7. The number of aromatic nitrogens is 1. The second-order valence-electron chi connectivity index (χ2n) is 4.88.